The Morgan fingerprint density at radius 3 is 1.67 bits per heavy atom. The summed E-state index contributed by atoms with van der Waals surface area (Å²) in [4.78, 5) is 9.00. The van der Waals surface area contributed by atoms with Gasteiger partial charge in [-0.15, -0.1) is 0 Å². The summed E-state index contributed by atoms with van der Waals surface area (Å²) in [6.07, 6.45) is 0. The van der Waals surface area contributed by atoms with E-state index in [0.29, 0.717) is 0 Å². The van der Waals surface area contributed by atoms with E-state index in [4.69, 9.17) is 9.90 Å². The van der Waals surface area contributed by atoms with Crippen LogP contribution in [0, 0.1) is 0 Å². The van der Waals surface area contributed by atoms with Crippen molar-refractivity contribution in [2.24, 2.45) is 0 Å². The molecule has 0 amide bonds. The number of hydrogen-bond acceptors (Lipinski definition) is 1. The second-order valence-electron chi connectivity index (χ2n) is 0.519. The molecule has 0 heterocycles. The summed E-state index contributed by atoms with van der Waals surface area (Å²) in [5.41, 5.74) is 0. The molecule has 0 fully saturated rings. The first-order valence-electron chi connectivity index (χ1n) is 0.928. The quantitative estimate of drug-likeness (QED) is 0.505. The summed E-state index contributed by atoms with van der Waals surface area (Å²) in [6.45, 7) is 1.08. The topological polar surface area (TPSA) is 70.8 Å². The summed E-state index contributed by atoms with van der Waals surface area (Å²) in [7, 11) is 0. The van der Waals surface area contributed by atoms with Crippen LogP contribution in [-0.4, -0.2) is 11.1 Å². The van der Waals surface area contributed by atoms with Crippen molar-refractivity contribution >= 4 is 5.97 Å². The number of aliphatic carboxylic acids is 1. The van der Waals surface area contributed by atoms with Gasteiger partial charge in [-0.3, -0.25) is 4.79 Å². The van der Waals surface area contributed by atoms with Gasteiger partial charge in [-0.25, -0.2) is 0 Å². The van der Waals surface area contributed by atoms with Gasteiger partial charge in [0, 0.05) is 6.92 Å². The SMILES string of the molecule is CC(=O)O.[Cu+].[NH2-]. The van der Waals surface area contributed by atoms with Gasteiger partial charge in [-0.1, -0.05) is 0 Å². The molecule has 42 valence electrons. The number of rotatable bonds is 0. The molecule has 0 atom stereocenters. The monoisotopic (exact) mass is 139 g/mol. The van der Waals surface area contributed by atoms with E-state index >= 15 is 0 Å². The molecule has 0 saturated carbocycles. The van der Waals surface area contributed by atoms with Crippen LogP contribution < -0.4 is 0 Å². The summed E-state index contributed by atoms with van der Waals surface area (Å²) in [6, 6.07) is 0. The number of carbonyl (C=O) groups is 1. The van der Waals surface area contributed by atoms with Crippen LogP contribution in [0.1, 0.15) is 6.92 Å². The Balaban J connectivity index is -0.0000000450. The molecule has 0 saturated heterocycles. The Morgan fingerprint density at radius 1 is 1.67 bits per heavy atom. The minimum atomic E-state index is -0.833. The normalized spacial score (nSPS) is 4.17. The van der Waals surface area contributed by atoms with E-state index in [9.17, 15) is 0 Å². The van der Waals surface area contributed by atoms with Crippen molar-refractivity contribution in [3.8, 4) is 0 Å². The third-order valence-electron chi connectivity index (χ3n) is 0. The molecular weight excluding hydrogens is 134 g/mol. The molecule has 3 nitrogen and oxygen atoms in total. The standard InChI is InChI=1S/C2H4O2.Cu.H2N/c1-2(3)4;;/h1H3,(H,3,4);;1H2/q;+1;-1. The van der Waals surface area contributed by atoms with Crippen molar-refractivity contribution < 1.29 is 27.0 Å². The average Bonchev–Trinajstić information content (AvgIpc) is 0.811. The third kappa shape index (κ3) is 13500. The fourth-order valence-electron chi connectivity index (χ4n) is 0. The molecular formula is C2H6CuNO2. The molecule has 0 aliphatic rings. The predicted octanol–water partition coefficient (Wildman–Crippen LogP) is 0.805. The molecule has 0 aliphatic carbocycles. The van der Waals surface area contributed by atoms with Crippen LogP contribution in [-0.2, 0) is 21.9 Å². The van der Waals surface area contributed by atoms with Crippen molar-refractivity contribution in [1.82, 2.24) is 0 Å². The smallest absolute Gasteiger partial charge is 0.693 e. The summed E-state index contributed by atoms with van der Waals surface area (Å²) < 4.78 is 0. The fourth-order valence-corrected chi connectivity index (χ4v) is 0. The largest absolute Gasteiger partial charge is 1.00 e. The maximum absolute atomic E-state index is 9.00. The third-order valence-corrected chi connectivity index (χ3v) is 0. The maximum Gasteiger partial charge on any atom is 1.00 e. The Bertz CT molecular complexity index is 34.5. The number of hydrogen-bond donors (Lipinski definition) is 1. The van der Waals surface area contributed by atoms with Crippen molar-refractivity contribution in [3.05, 3.63) is 6.15 Å². The summed E-state index contributed by atoms with van der Waals surface area (Å²) in [5, 5.41) is 7.42. The second-order valence-corrected chi connectivity index (χ2v) is 0.519. The van der Waals surface area contributed by atoms with Gasteiger partial charge in [-0.05, 0) is 0 Å². The van der Waals surface area contributed by atoms with Crippen LogP contribution >= 0.6 is 0 Å². The molecule has 6 heavy (non-hydrogen) atoms. The van der Waals surface area contributed by atoms with Crippen LogP contribution in [0.25, 0.3) is 6.15 Å². The molecule has 4 heteroatoms. The molecule has 0 bridgehead atoms. The maximum atomic E-state index is 9.00. The van der Waals surface area contributed by atoms with E-state index in [1.165, 1.54) is 0 Å². The Morgan fingerprint density at radius 2 is 1.67 bits per heavy atom. The molecule has 0 aromatic heterocycles. The van der Waals surface area contributed by atoms with Gasteiger partial charge in [-0.2, -0.15) is 0 Å². The molecule has 3 N–H and O–H groups in total. The molecule has 0 rings (SSSR count). The first kappa shape index (κ1) is 16.8. The van der Waals surface area contributed by atoms with Crippen molar-refractivity contribution in [1.29, 1.82) is 0 Å². The minimum absolute atomic E-state index is 0. The molecule has 0 aliphatic heterocycles. The summed E-state index contributed by atoms with van der Waals surface area (Å²) >= 11 is 0. The average molecular weight is 140 g/mol. The van der Waals surface area contributed by atoms with Gasteiger partial charge in [0.1, 0.15) is 0 Å². The number of carboxylic acids is 1. The molecule has 0 unspecified atom stereocenters. The van der Waals surface area contributed by atoms with Crippen LogP contribution in [0.4, 0.5) is 0 Å². The van der Waals surface area contributed by atoms with E-state index in [1.807, 2.05) is 0 Å². The van der Waals surface area contributed by atoms with E-state index in [1.54, 1.807) is 0 Å². The van der Waals surface area contributed by atoms with E-state index in [0.717, 1.165) is 6.92 Å². The Labute approximate surface area is 46.8 Å². The number of nitrogens with two attached hydrogens (primary N) is 1. The van der Waals surface area contributed by atoms with Gasteiger partial charge in [0.15, 0.2) is 0 Å². The van der Waals surface area contributed by atoms with Crippen LogP contribution in [0.5, 0.6) is 0 Å². The minimum Gasteiger partial charge on any atom is -0.693 e. The van der Waals surface area contributed by atoms with Crippen LogP contribution in [0.3, 0.4) is 0 Å². The van der Waals surface area contributed by atoms with Gasteiger partial charge in [0.25, 0.3) is 5.97 Å². The fraction of sp³-hybridized carbons (Fsp3) is 0.500. The van der Waals surface area contributed by atoms with E-state index in [2.05, 4.69) is 0 Å². The first-order valence-corrected chi connectivity index (χ1v) is 0.928. The van der Waals surface area contributed by atoms with Gasteiger partial charge < -0.3 is 11.3 Å². The Hall–Kier alpha value is -0.0505. The predicted molar refractivity (Wildman–Crippen MR) is 18.6 cm³/mol. The van der Waals surface area contributed by atoms with Crippen LogP contribution in [0.15, 0.2) is 0 Å². The summed E-state index contributed by atoms with van der Waals surface area (Å²) in [5.74, 6) is -0.833. The van der Waals surface area contributed by atoms with Crippen molar-refractivity contribution in [2.75, 3.05) is 0 Å². The van der Waals surface area contributed by atoms with Gasteiger partial charge in [0.05, 0.1) is 0 Å². The van der Waals surface area contributed by atoms with Crippen LogP contribution in [0.2, 0.25) is 0 Å². The molecule has 0 aromatic rings. The second kappa shape index (κ2) is 8.87. The molecule has 0 spiro atoms. The Kier molecular flexibility index (Phi) is 24.8. The van der Waals surface area contributed by atoms with Gasteiger partial charge >= 0.3 is 17.1 Å². The van der Waals surface area contributed by atoms with E-state index < -0.39 is 5.97 Å². The van der Waals surface area contributed by atoms with Crippen molar-refractivity contribution in [3.63, 3.8) is 0 Å². The molecule has 0 radical (unpaired) electrons. The first-order chi connectivity index (χ1) is 1.73. The van der Waals surface area contributed by atoms with Gasteiger partial charge in [0.2, 0.25) is 0 Å². The number of carboxylic acid groups (broad SMARTS) is 1. The zero-order valence-electron chi connectivity index (χ0n) is 3.23. The zero-order valence-corrected chi connectivity index (χ0v) is 4.18. The van der Waals surface area contributed by atoms with Crippen molar-refractivity contribution in [2.45, 2.75) is 6.92 Å². The molecule has 0 aromatic carbocycles. The van der Waals surface area contributed by atoms with E-state index in [-0.39, 0.29) is 23.2 Å². The zero-order chi connectivity index (χ0) is 3.58.